The number of carboxylic acid groups (broad SMARTS) is 1. The standard InChI is InChI=1S/C12H15N3O3/c1-14-10(4-5-13-14)2-3-11(16)15-7-9(8-15)6-12(17)18/h2-5,9H,6-8H2,1H3,(H,17,18). The van der Waals surface area contributed by atoms with Gasteiger partial charge in [0, 0.05) is 38.3 Å². The third-order valence-corrected chi connectivity index (χ3v) is 2.99. The molecule has 2 rings (SSSR count). The van der Waals surface area contributed by atoms with Crippen LogP contribution >= 0.6 is 0 Å². The van der Waals surface area contributed by atoms with Crippen molar-refractivity contribution in [1.82, 2.24) is 14.7 Å². The molecule has 0 bridgehead atoms. The summed E-state index contributed by atoms with van der Waals surface area (Å²) in [5.74, 6) is -0.799. The van der Waals surface area contributed by atoms with Crippen LogP contribution in [0.1, 0.15) is 12.1 Å². The number of rotatable bonds is 4. The summed E-state index contributed by atoms with van der Waals surface area (Å²) in [4.78, 5) is 23.8. The highest BCUT2D eigenvalue weighted by molar-refractivity contribution is 5.92. The van der Waals surface area contributed by atoms with Crippen LogP contribution in [0.2, 0.25) is 0 Å². The van der Waals surface area contributed by atoms with Crippen LogP contribution in [0.15, 0.2) is 18.3 Å². The molecule has 1 aromatic heterocycles. The highest BCUT2D eigenvalue weighted by atomic mass is 16.4. The molecule has 1 saturated heterocycles. The predicted octanol–water partition coefficient (Wildman–Crippen LogP) is 0.366. The highest BCUT2D eigenvalue weighted by Gasteiger charge is 2.30. The third kappa shape index (κ3) is 2.77. The zero-order valence-electron chi connectivity index (χ0n) is 10.1. The fourth-order valence-electron chi connectivity index (χ4n) is 1.94. The molecular weight excluding hydrogens is 234 g/mol. The molecule has 1 fully saturated rings. The van der Waals surface area contributed by atoms with E-state index >= 15 is 0 Å². The van der Waals surface area contributed by atoms with Crippen LogP contribution in [-0.2, 0) is 16.6 Å². The summed E-state index contributed by atoms with van der Waals surface area (Å²) < 4.78 is 1.67. The number of carboxylic acids is 1. The Bertz CT molecular complexity index is 487. The molecule has 0 saturated carbocycles. The highest BCUT2D eigenvalue weighted by Crippen LogP contribution is 2.19. The lowest BCUT2D eigenvalue weighted by atomic mass is 9.96. The Morgan fingerprint density at radius 1 is 1.56 bits per heavy atom. The number of amides is 1. The number of hydrogen-bond acceptors (Lipinski definition) is 3. The van der Waals surface area contributed by atoms with Crippen molar-refractivity contribution in [3.63, 3.8) is 0 Å². The molecule has 6 heteroatoms. The lowest BCUT2D eigenvalue weighted by Gasteiger charge is -2.37. The third-order valence-electron chi connectivity index (χ3n) is 2.99. The molecule has 0 unspecified atom stereocenters. The minimum absolute atomic E-state index is 0.0853. The van der Waals surface area contributed by atoms with Gasteiger partial charge < -0.3 is 10.0 Å². The number of aromatic nitrogens is 2. The smallest absolute Gasteiger partial charge is 0.303 e. The maximum Gasteiger partial charge on any atom is 0.303 e. The summed E-state index contributed by atoms with van der Waals surface area (Å²) in [5, 5.41) is 12.6. The van der Waals surface area contributed by atoms with Gasteiger partial charge in [-0.15, -0.1) is 0 Å². The number of aliphatic carboxylic acids is 1. The van der Waals surface area contributed by atoms with E-state index in [0.717, 1.165) is 5.69 Å². The Hall–Kier alpha value is -2.11. The second-order valence-electron chi connectivity index (χ2n) is 4.42. The maximum absolute atomic E-state index is 11.7. The summed E-state index contributed by atoms with van der Waals surface area (Å²) >= 11 is 0. The molecule has 18 heavy (non-hydrogen) atoms. The summed E-state index contributed by atoms with van der Waals surface area (Å²) in [5.41, 5.74) is 0.853. The largest absolute Gasteiger partial charge is 0.481 e. The van der Waals surface area contributed by atoms with E-state index < -0.39 is 5.97 Å². The van der Waals surface area contributed by atoms with Gasteiger partial charge in [-0.2, -0.15) is 5.10 Å². The molecule has 0 aromatic carbocycles. The van der Waals surface area contributed by atoms with Gasteiger partial charge in [-0.3, -0.25) is 14.3 Å². The normalized spacial score (nSPS) is 15.9. The van der Waals surface area contributed by atoms with Crippen LogP contribution in [0.3, 0.4) is 0 Å². The van der Waals surface area contributed by atoms with Gasteiger partial charge in [0.15, 0.2) is 0 Å². The summed E-state index contributed by atoms with van der Waals surface area (Å²) in [7, 11) is 1.80. The summed E-state index contributed by atoms with van der Waals surface area (Å²) in [6, 6.07) is 1.81. The first-order valence-electron chi connectivity index (χ1n) is 5.73. The molecule has 0 aliphatic carbocycles. The van der Waals surface area contributed by atoms with E-state index in [0.29, 0.717) is 13.1 Å². The fourth-order valence-corrected chi connectivity index (χ4v) is 1.94. The fraction of sp³-hybridized carbons (Fsp3) is 0.417. The molecule has 1 N–H and O–H groups in total. The van der Waals surface area contributed by atoms with Crippen LogP contribution in [-0.4, -0.2) is 44.8 Å². The van der Waals surface area contributed by atoms with Crippen LogP contribution in [0, 0.1) is 5.92 Å². The van der Waals surface area contributed by atoms with E-state index in [9.17, 15) is 9.59 Å². The molecule has 1 aromatic rings. The molecule has 0 atom stereocenters. The monoisotopic (exact) mass is 249 g/mol. The van der Waals surface area contributed by atoms with Crippen molar-refractivity contribution in [2.75, 3.05) is 13.1 Å². The first-order chi connectivity index (χ1) is 8.56. The molecule has 96 valence electrons. The van der Waals surface area contributed by atoms with Crippen molar-refractivity contribution in [2.45, 2.75) is 6.42 Å². The minimum atomic E-state index is -0.808. The van der Waals surface area contributed by atoms with Gasteiger partial charge in [0.25, 0.3) is 0 Å². The summed E-state index contributed by atoms with van der Waals surface area (Å²) in [6.07, 6.45) is 5.00. The molecule has 1 amide bonds. The van der Waals surface area contributed by atoms with E-state index in [-0.39, 0.29) is 18.2 Å². The number of carbonyl (C=O) groups is 2. The van der Waals surface area contributed by atoms with Gasteiger partial charge in [0.2, 0.25) is 5.91 Å². The second-order valence-corrected chi connectivity index (χ2v) is 4.42. The van der Waals surface area contributed by atoms with Gasteiger partial charge >= 0.3 is 5.97 Å². The Kier molecular flexibility index (Phi) is 3.45. The molecule has 1 aliphatic rings. The number of hydrogen-bond donors (Lipinski definition) is 1. The average molecular weight is 249 g/mol. The van der Waals surface area contributed by atoms with Crippen molar-refractivity contribution in [1.29, 1.82) is 0 Å². The average Bonchev–Trinajstić information content (AvgIpc) is 2.65. The number of aryl methyl sites for hydroxylation is 1. The number of likely N-dealkylation sites (tertiary alicyclic amines) is 1. The Labute approximate surface area is 105 Å². The molecule has 1 aliphatic heterocycles. The zero-order chi connectivity index (χ0) is 13.1. The SMILES string of the molecule is Cn1nccc1C=CC(=O)N1CC(CC(=O)O)C1. The number of nitrogens with zero attached hydrogens (tertiary/aromatic N) is 3. The van der Waals surface area contributed by atoms with Crippen molar-refractivity contribution in [2.24, 2.45) is 13.0 Å². The molecule has 0 spiro atoms. The van der Waals surface area contributed by atoms with E-state index in [4.69, 9.17) is 5.11 Å². The first-order valence-corrected chi connectivity index (χ1v) is 5.73. The number of carbonyl (C=O) groups excluding carboxylic acids is 1. The molecule has 0 radical (unpaired) electrons. The van der Waals surface area contributed by atoms with Crippen molar-refractivity contribution in [3.05, 3.63) is 24.0 Å². The van der Waals surface area contributed by atoms with Crippen LogP contribution in [0.4, 0.5) is 0 Å². The molecule has 6 nitrogen and oxygen atoms in total. The minimum Gasteiger partial charge on any atom is -0.481 e. The van der Waals surface area contributed by atoms with Gasteiger partial charge in [-0.1, -0.05) is 0 Å². The van der Waals surface area contributed by atoms with Gasteiger partial charge in [-0.05, 0) is 12.1 Å². The van der Waals surface area contributed by atoms with Crippen LogP contribution < -0.4 is 0 Å². The maximum atomic E-state index is 11.7. The molecule has 2 heterocycles. The van der Waals surface area contributed by atoms with Crippen molar-refractivity contribution >= 4 is 18.0 Å². The van der Waals surface area contributed by atoms with E-state index in [1.54, 1.807) is 28.9 Å². The van der Waals surface area contributed by atoms with Gasteiger partial charge in [0.05, 0.1) is 12.1 Å². The zero-order valence-corrected chi connectivity index (χ0v) is 10.1. The second kappa shape index (κ2) is 5.03. The van der Waals surface area contributed by atoms with E-state index in [1.807, 2.05) is 6.07 Å². The predicted molar refractivity (Wildman–Crippen MR) is 64.6 cm³/mol. The Morgan fingerprint density at radius 3 is 2.83 bits per heavy atom. The Balaban J connectivity index is 1.82. The van der Waals surface area contributed by atoms with Gasteiger partial charge in [0.1, 0.15) is 0 Å². The van der Waals surface area contributed by atoms with E-state index in [2.05, 4.69) is 5.10 Å². The first kappa shape index (κ1) is 12.3. The van der Waals surface area contributed by atoms with Crippen molar-refractivity contribution in [3.8, 4) is 0 Å². The van der Waals surface area contributed by atoms with Crippen LogP contribution in [0.5, 0.6) is 0 Å². The molecular formula is C12H15N3O3. The Morgan fingerprint density at radius 2 is 2.28 bits per heavy atom. The van der Waals surface area contributed by atoms with Crippen LogP contribution in [0.25, 0.3) is 6.08 Å². The quantitative estimate of drug-likeness (QED) is 0.782. The lowest BCUT2D eigenvalue weighted by Crippen LogP contribution is -2.49. The lowest BCUT2D eigenvalue weighted by molar-refractivity contribution is -0.143. The van der Waals surface area contributed by atoms with Gasteiger partial charge in [-0.25, -0.2) is 0 Å². The van der Waals surface area contributed by atoms with Crippen molar-refractivity contribution < 1.29 is 14.7 Å². The summed E-state index contributed by atoms with van der Waals surface area (Å²) in [6.45, 7) is 1.06. The topological polar surface area (TPSA) is 75.4 Å². The van der Waals surface area contributed by atoms with E-state index in [1.165, 1.54) is 6.08 Å².